The van der Waals surface area contributed by atoms with Crippen molar-refractivity contribution in [3.63, 3.8) is 0 Å². The van der Waals surface area contributed by atoms with Gasteiger partial charge in [0, 0.05) is 11.5 Å². The molecule has 1 atom stereocenters. The topological polar surface area (TPSA) is 9.23 Å². The van der Waals surface area contributed by atoms with Crippen molar-refractivity contribution in [1.82, 2.24) is 0 Å². The van der Waals surface area contributed by atoms with Gasteiger partial charge >= 0.3 is 0 Å². The fraction of sp³-hybridized carbons (Fsp3) is 0.125. The van der Waals surface area contributed by atoms with Gasteiger partial charge < -0.3 is 4.74 Å². The van der Waals surface area contributed by atoms with Crippen LogP contribution in [0.1, 0.15) is 22.6 Å². The third-order valence-corrected chi connectivity index (χ3v) is 3.27. The molecule has 1 heteroatoms. The van der Waals surface area contributed by atoms with E-state index in [1.807, 2.05) is 12.1 Å². The van der Waals surface area contributed by atoms with E-state index >= 15 is 0 Å². The molecule has 1 nitrogen and oxygen atoms in total. The van der Waals surface area contributed by atoms with E-state index in [-0.39, 0.29) is 0 Å². The van der Waals surface area contributed by atoms with Crippen LogP contribution in [0.25, 0.3) is 6.08 Å². The molecule has 0 radical (unpaired) electrons. The lowest BCUT2D eigenvalue weighted by Gasteiger charge is -2.15. The van der Waals surface area contributed by atoms with Crippen molar-refractivity contribution in [2.75, 3.05) is 7.11 Å². The summed E-state index contributed by atoms with van der Waals surface area (Å²) in [6.07, 6.45) is 4.43. The maximum absolute atomic E-state index is 5.44. The summed E-state index contributed by atoms with van der Waals surface area (Å²) in [5.41, 5.74) is 3.90. The molecule has 1 unspecified atom stereocenters. The highest BCUT2D eigenvalue weighted by Crippen LogP contribution is 2.38. The van der Waals surface area contributed by atoms with Crippen LogP contribution in [-0.2, 0) is 0 Å². The second-order valence-electron chi connectivity index (χ2n) is 4.21. The number of methoxy groups -OCH3 is 1. The Morgan fingerprint density at radius 2 is 1.59 bits per heavy atom. The van der Waals surface area contributed by atoms with Gasteiger partial charge in [-0.2, -0.15) is 0 Å². The number of rotatable bonds is 2. The number of para-hydroxylation sites is 1. The summed E-state index contributed by atoms with van der Waals surface area (Å²) in [7, 11) is 1.73. The minimum Gasteiger partial charge on any atom is -0.496 e. The van der Waals surface area contributed by atoms with Gasteiger partial charge in [0.15, 0.2) is 0 Å². The third kappa shape index (κ3) is 1.64. The van der Waals surface area contributed by atoms with E-state index in [1.54, 1.807) is 7.11 Å². The van der Waals surface area contributed by atoms with Crippen LogP contribution in [0.15, 0.2) is 54.6 Å². The zero-order valence-corrected chi connectivity index (χ0v) is 9.76. The Morgan fingerprint density at radius 3 is 2.41 bits per heavy atom. The Kier molecular flexibility index (Phi) is 2.45. The Bertz CT molecular complexity index is 569. The van der Waals surface area contributed by atoms with E-state index < -0.39 is 0 Å². The summed E-state index contributed by atoms with van der Waals surface area (Å²) in [5, 5.41) is 0. The molecule has 17 heavy (non-hydrogen) atoms. The molecular weight excluding hydrogens is 208 g/mol. The molecule has 0 amide bonds. The quantitative estimate of drug-likeness (QED) is 0.749. The highest BCUT2D eigenvalue weighted by atomic mass is 16.5. The smallest absolute Gasteiger partial charge is 0.122 e. The zero-order chi connectivity index (χ0) is 11.7. The van der Waals surface area contributed by atoms with Crippen LogP contribution in [0, 0.1) is 0 Å². The second kappa shape index (κ2) is 4.10. The number of ether oxygens (including phenoxy) is 1. The molecule has 0 fully saturated rings. The van der Waals surface area contributed by atoms with Crippen LogP contribution < -0.4 is 4.74 Å². The van der Waals surface area contributed by atoms with Gasteiger partial charge in [-0.1, -0.05) is 54.6 Å². The van der Waals surface area contributed by atoms with Gasteiger partial charge in [0.2, 0.25) is 0 Å². The molecule has 0 saturated heterocycles. The van der Waals surface area contributed by atoms with E-state index in [0.29, 0.717) is 5.92 Å². The summed E-state index contributed by atoms with van der Waals surface area (Å²) < 4.78 is 5.44. The van der Waals surface area contributed by atoms with E-state index in [0.717, 1.165) is 5.75 Å². The van der Waals surface area contributed by atoms with Crippen LogP contribution in [0.2, 0.25) is 0 Å². The van der Waals surface area contributed by atoms with Crippen LogP contribution >= 0.6 is 0 Å². The number of hydrogen-bond acceptors (Lipinski definition) is 1. The Hall–Kier alpha value is -2.02. The molecule has 0 aliphatic heterocycles. The first-order chi connectivity index (χ1) is 8.40. The van der Waals surface area contributed by atoms with Crippen molar-refractivity contribution in [2.45, 2.75) is 5.92 Å². The molecule has 0 saturated carbocycles. The normalized spacial score (nSPS) is 16.9. The molecule has 0 N–H and O–H groups in total. The fourth-order valence-corrected chi connectivity index (χ4v) is 2.44. The van der Waals surface area contributed by atoms with Crippen LogP contribution in [0.4, 0.5) is 0 Å². The SMILES string of the molecule is COc1ccccc1C1C=Cc2ccccc21. The van der Waals surface area contributed by atoms with Crippen molar-refractivity contribution >= 4 is 6.08 Å². The lowest BCUT2D eigenvalue weighted by atomic mass is 9.92. The third-order valence-electron chi connectivity index (χ3n) is 3.27. The van der Waals surface area contributed by atoms with Crippen molar-refractivity contribution in [3.05, 3.63) is 71.3 Å². The molecule has 2 aromatic rings. The van der Waals surface area contributed by atoms with Crippen molar-refractivity contribution in [1.29, 1.82) is 0 Å². The number of fused-ring (bicyclic) bond motifs is 1. The van der Waals surface area contributed by atoms with E-state index in [9.17, 15) is 0 Å². The second-order valence-corrected chi connectivity index (χ2v) is 4.21. The van der Waals surface area contributed by atoms with Crippen molar-refractivity contribution < 1.29 is 4.74 Å². The van der Waals surface area contributed by atoms with E-state index in [1.165, 1.54) is 16.7 Å². The maximum atomic E-state index is 5.44. The van der Waals surface area contributed by atoms with Gasteiger partial charge in [-0.25, -0.2) is 0 Å². The highest BCUT2D eigenvalue weighted by molar-refractivity contribution is 5.66. The minimum absolute atomic E-state index is 0.322. The predicted molar refractivity (Wildman–Crippen MR) is 70.3 cm³/mol. The van der Waals surface area contributed by atoms with Gasteiger partial charge in [0.25, 0.3) is 0 Å². The molecule has 0 heterocycles. The average Bonchev–Trinajstić information content (AvgIpc) is 2.82. The van der Waals surface area contributed by atoms with Gasteiger partial charge in [0.05, 0.1) is 7.11 Å². The minimum atomic E-state index is 0.322. The zero-order valence-electron chi connectivity index (χ0n) is 9.76. The Labute approximate surface area is 101 Å². The fourth-order valence-electron chi connectivity index (χ4n) is 2.44. The predicted octanol–water partition coefficient (Wildman–Crippen LogP) is 3.85. The summed E-state index contributed by atoms with van der Waals surface area (Å²) in [4.78, 5) is 0. The largest absolute Gasteiger partial charge is 0.496 e. The monoisotopic (exact) mass is 222 g/mol. The first-order valence-corrected chi connectivity index (χ1v) is 5.80. The average molecular weight is 222 g/mol. The molecule has 0 aromatic heterocycles. The summed E-state index contributed by atoms with van der Waals surface area (Å²) in [6, 6.07) is 16.7. The first kappa shape index (κ1) is 10.2. The van der Waals surface area contributed by atoms with Crippen molar-refractivity contribution in [2.24, 2.45) is 0 Å². The molecule has 84 valence electrons. The molecule has 0 spiro atoms. The maximum Gasteiger partial charge on any atom is 0.122 e. The summed E-state index contributed by atoms with van der Waals surface area (Å²) in [6.45, 7) is 0. The molecular formula is C16H14O. The first-order valence-electron chi connectivity index (χ1n) is 5.80. The van der Waals surface area contributed by atoms with Crippen LogP contribution in [-0.4, -0.2) is 7.11 Å². The standard InChI is InChI=1S/C16H14O/c1-17-16-9-5-4-8-15(16)14-11-10-12-6-2-3-7-13(12)14/h2-11,14H,1H3. The Morgan fingerprint density at radius 1 is 0.882 bits per heavy atom. The highest BCUT2D eigenvalue weighted by Gasteiger charge is 2.20. The molecule has 3 rings (SSSR count). The lowest BCUT2D eigenvalue weighted by Crippen LogP contribution is -1.98. The molecule has 1 aliphatic rings. The molecule has 1 aliphatic carbocycles. The van der Waals surface area contributed by atoms with Crippen molar-refractivity contribution in [3.8, 4) is 5.75 Å². The number of hydrogen-bond donors (Lipinski definition) is 0. The van der Waals surface area contributed by atoms with Gasteiger partial charge in [-0.15, -0.1) is 0 Å². The molecule has 0 bridgehead atoms. The Balaban J connectivity index is 2.10. The van der Waals surface area contributed by atoms with Gasteiger partial charge in [-0.3, -0.25) is 0 Å². The molecule has 2 aromatic carbocycles. The number of allylic oxidation sites excluding steroid dienone is 1. The number of benzene rings is 2. The van der Waals surface area contributed by atoms with Gasteiger partial charge in [0.1, 0.15) is 5.75 Å². The van der Waals surface area contributed by atoms with Gasteiger partial charge in [-0.05, 0) is 17.2 Å². The summed E-state index contributed by atoms with van der Waals surface area (Å²) >= 11 is 0. The lowest BCUT2D eigenvalue weighted by molar-refractivity contribution is 0.409. The van der Waals surface area contributed by atoms with E-state index in [4.69, 9.17) is 4.74 Å². The van der Waals surface area contributed by atoms with E-state index in [2.05, 4.69) is 48.6 Å². The van der Waals surface area contributed by atoms with Crippen LogP contribution in [0.3, 0.4) is 0 Å². The summed E-state index contributed by atoms with van der Waals surface area (Å²) in [5.74, 6) is 1.28. The van der Waals surface area contributed by atoms with Crippen LogP contribution in [0.5, 0.6) is 5.75 Å².